The van der Waals surface area contributed by atoms with E-state index < -0.39 is 0 Å². The first-order chi connectivity index (χ1) is 12.1. The molecule has 3 aromatic rings. The van der Waals surface area contributed by atoms with Crippen LogP contribution in [-0.4, -0.2) is 16.5 Å². The first-order valence-corrected chi connectivity index (χ1v) is 8.86. The molecule has 0 spiro atoms. The van der Waals surface area contributed by atoms with Gasteiger partial charge in [-0.25, -0.2) is 0 Å². The highest BCUT2D eigenvalue weighted by Crippen LogP contribution is 2.31. The molecular formula is C21H19ClN2O. The van der Waals surface area contributed by atoms with Crippen molar-refractivity contribution in [3.05, 3.63) is 76.9 Å². The first kappa shape index (κ1) is 16.0. The highest BCUT2D eigenvalue weighted by Gasteiger charge is 2.26. The van der Waals surface area contributed by atoms with Crippen molar-refractivity contribution in [1.82, 2.24) is 9.88 Å². The van der Waals surface area contributed by atoms with Crippen LogP contribution in [0.2, 0.25) is 5.02 Å². The van der Waals surface area contributed by atoms with E-state index in [2.05, 4.69) is 22.0 Å². The lowest BCUT2D eigenvalue weighted by atomic mass is 10.1. The fourth-order valence-electron chi connectivity index (χ4n) is 3.07. The number of benzene rings is 2. The number of hydrogen-bond acceptors (Lipinski definition) is 1. The second kappa shape index (κ2) is 6.41. The number of amides is 1. The number of halogens is 1. The van der Waals surface area contributed by atoms with Crippen LogP contribution in [0.3, 0.4) is 0 Å². The van der Waals surface area contributed by atoms with E-state index in [-0.39, 0.29) is 5.91 Å². The monoisotopic (exact) mass is 350 g/mol. The molecule has 0 unspecified atom stereocenters. The minimum Gasteiger partial charge on any atom is -0.349 e. The van der Waals surface area contributed by atoms with Crippen molar-refractivity contribution < 1.29 is 4.79 Å². The summed E-state index contributed by atoms with van der Waals surface area (Å²) < 4.78 is 2.13. The van der Waals surface area contributed by atoms with Gasteiger partial charge in [0, 0.05) is 22.4 Å². The van der Waals surface area contributed by atoms with Crippen molar-refractivity contribution in [1.29, 1.82) is 0 Å². The molecule has 1 aromatic heterocycles. The van der Waals surface area contributed by atoms with E-state index in [4.69, 9.17) is 11.6 Å². The molecule has 1 aliphatic rings. The predicted octanol–water partition coefficient (Wildman–Crippen LogP) is 5.00. The zero-order valence-electron chi connectivity index (χ0n) is 14.0. The summed E-state index contributed by atoms with van der Waals surface area (Å²) in [5, 5.41) is 3.79. The predicted molar refractivity (Wildman–Crippen MR) is 101 cm³/mol. The molecule has 4 heteroatoms. The molecule has 25 heavy (non-hydrogen) atoms. The van der Waals surface area contributed by atoms with Gasteiger partial charge in [-0.2, -0.15) is 0 Å². The van der Waals surface area contributed by atoms with Gasteiger partial charge in [-0.1, -0.05) is 41.9 Å². The van der Waals surface area contributed by atoms with Gasteiger partial charge in [0.05, 0.1) is 11.3 Å². The summed E-state index contributed by atoms with van der Waals surface area (Å²) in [6.45, 7) is 1.99. The number of hydrogen-bond donors (Lipinski definition) is 1. The first-order valence-electron chi connectivity index (χ1n) is 8.48. The van der Waals surface area contributed by atoms with Crippen molar-refractivity contribution >= 4 is 17.5 Å². The van der Waals surface area contributed by atoms with Crippen molar-refractivity contribution in [3.8, 4) is 16.9 Å². The van der Waals surface area contributed by atoms with Gasteiger partial charge in [0.1, 0.15) is 0 Å². The molecule has 0 radical (unpaired) electrons. The lowest BCUT2D eigenvalue weighted by Crippen LogP contribution is -2.25. The van der Waals surface area contributed by atoms with E-state index in [1.807, 2.05) is 55.5 Å². The average Bonchev–Trinajstić information content (AvgIpc) is 3.37. The van der Waals surface area contributed by atoms with E-state index >= 15 is 0 Å². The van der Waals surface area contributed by atoms with Crippen LogP contribution in [0.4, 0.5) is 0 Å². The van der Waals surface area contributed by atoms with Crippen molar-refractivity contribution in [2.24, 2.45) is 0 Å². The molecular weight excluding hydrogens is 332 g/mol. The van der Waals surface area contributed by atoms with Gasteiger partial charge in [-0.15, -0.1) is 0 Å². The largest absolute Gasteiger partial charge is 0.349 e. The quantitative estimate of drug-likeness (QED) is 0.706. The lowest BCUT2D eigenvalue weighted by molar-refractivity contribution is 0.0950. The third-order valence-corrected chi connectivity index (χ3v) is 4.81. The van der Waals surface area contributed by atoms with E-state index in [1.54, 1.807) is 0 Å². The van der Waals surface area contributed by atoms with Crippen LogP contribution in [-0.2, 0) is 0 Å². The third kappa shape index (κ3) is 3.20. The number of nitrogens with zero attached hydrogens (tertiary/aromatic N) is 1. The fraction of sp³-hybridized carbons (Fsp3) is 0.190. The molecule has 1 heterocycles. The molecule has 0 aliphatic heterocycles. The Hall–Kier alpha value is -2.52. The highest BCUT2D eigenvalue weighted by atomic mass is 35.5. The van der Waals surface area contributed by atoms with Crippen LogP contribution in [0.15, 0.2) is 60.7 Å². The second-order valence-electron chi connectivity index (χ2n) is 6.45. The van der Waals surface area contributed by atoms with E-state index in [9.17, 15) is 4.79 Å². The summed E-state index contributed by atoms with van der Waals surface area (Å²) in [6.07, 6.45) is 2.16. The molecule has 0 atom stereocenters. The SMILES string of the molecule is Cc1c(C(=O)NC2CC2)cc(-c2ccc(Cl)cc2)n1-c1ccccc1. The van der Waals surface area contributed by atoms with Gasteiger partial charge in [0.25, 0.3) is 5.91 Å². The van der Waals surface area contributed by atoms with Crippen LogP contribution in [0.25, 0.3) is 16.9 Å². The van der Waals surface area contributed by atoms with Crippen LogP contribution in [0.5, 0.6) is 0 Å². The van der Waals surface area contributed by atoms with Crippen molar-refractivity contribution in [2.45, 2.75) is 25.8 Å². The summed E-state index contributed by atoms with van der Waals surface area (Å²) in [5.74, 6) is 0.00453. The highest BCUT2D eigenvalue weighted by molar-refractivity contribution is 6.30. The Labute approximate surface area is 152 Å². The number of nitrogens with one attached hydrogen (secondary N) is 1. The molecule has 1 saturated carbocycles. The minimum atomic E-state index is 0.00453. The Morgan fingerprint density at radius 1 is 1.08 bits per heavy atom. The van der Waals surface area contributed by atoms with Gasteiger partial charge in [0.15, 0.2) is 0 Å². The van der Waals surface area contributed by atoms with Crippen molar-refractivity contribution in [3.63, 3.8) is 0 Å². The molecule has 1 fully saturated rings. The maximum atomic E-state index is 12.7. The summed E-state index contributed by atoms with van der Waals surface area (Å²) in [5.41, 5.74) is 4.72. The Morgan fingerprint density at radius 3 is 2.40 bits per heavy atom. The number of rotatable bonds is 4. The molecule has 1 amide bonds. The fourth-order valence-corrected chi connectivity index (χ4v) is 3.20. The maximum absolute atomic E-state index is 12.7. The third-order valence-electron chi connectivity index (χ3n) is 4.56. The Bertz CT molecular complexity index is 909. The molecule has 2 aromatic carbocycles. The standard InChI is InChI=1S/C21H19ClN2O/c1-14-19(21(25)23-17-11-12-17)13-20(15-7-9-16(22)10-8-15)24(14)18-5-3-2-4-6-18/h2-10,13,17H,11-12H2,1H3,(H,23,25). The van der Waals surface area contributed by atoms with E-state index in [1.165, 1.54) is 0 Å². The topological polar surface area (TPSA) is 34.0 Å². The average molecular weight is 351 g/mol. The number of para-hydroxylation sites is 1. The molecule has 1 aliphatic carbocycles. The van der Waals surface area contributed by atoms with Crippen LogP contribution in [0, 0.1) is 6.92 Å². The molecule has 3 nitrogen and oxygen atoms in total. The maximum Gasteiger partial charge on any atom is 0.253 e. The number of carbonyl (C=O) groups excluding carboxylic acids is 1. The Kier molecular flexibility index (Phi) is 4.10. The summed E-state index contributed by atoms with van der Waals surface area (Å²) in [6, 6.07) is 20.1. The Balaban J connectivity index is 1.85. The molecule has 4 rings (SSSR count). The van der Waals surface area contributed by atoms with Gasteiger partial charge < -0.3 is 9.88 Å². The van der Waals surface area contributed by atoms with Gasteiger partial charge in [0.2, 0.25) is 0 Å². The summed E-state index contributed by atoms with van der Waals surface area (Å²) >= 11 is 6.04. The van der Waals surface area contributed by atoms with Gasteiger partial charge in [-0.05, 0) is 55.7 Å². The molecule has 0 bridgehead atoms. The molecule has 126 valence electrons. The van der Waals surface area contributed by atoms with Gasteiger partial charge >= 0.3 is 0 Å². The lowest BCUT2D eigenvalue weighted by Gasteiger charge is -2.12. The number of carbonyl (C=O) groups is 1. The normalized spacial score (nSPS) is 13.7. The molecule has 1 N–H and O–H groups in total. The summed E-state index contributed by atoms with van der Waals surface area (Å²) in [7, 11) is 0. The van der Waals surface area contributed by atoms with Crippen LogP contribution < -0.4 is 5.32 Å². The minimum absolute atomic E-state index is 0.00453. The van der Waals surface area contributed by atoms with Crippen molar-refractivity contribution in [2.75, 3.05) is 0 Å². The number of aromatic nitrogens is 1. The van der Waals surface area contributed by atoms with Gasteiger partial charge in [-0.3, -0.25) is 4.79 Å². The van der Waals surface area contributed by atoms with E-state index in [0.29, 0.717) is 11.1 Å². The summed E-state index contributed by atoms with van der Waals surface area (Å²) in [4.78, 5) is 12.7. The smallest absolute Gasteiger partial charge is 0.253 e. The van der Waals surface area contributed by atoms with Crippen LogP contribution in [0.1, 0.15) is 28.9 Å². The van der Waals surface area contributed by atoms with Crippen LogP contribution >= 0.6 is 11.6 Å². The second-order valence-corrected chi connectivity index (χ2v) is 6.89. The zero-order chi connectivity index (χ0) is 17.4. The Morgan fingerprint density at radius 2 is 1.76 bits per heavy atom. The molecule has 0 saturated heterocycles. The zero-order valence-corrected chi connectivity index (χ0v) is 14.8. The van der Waals surface area contributed by atoms with E-state index in [0.717, 1.165) is 41.0 Å².